The van der Waals surface area contributed by atoms with Crippen LogP contribution < -0.4 is 5.32 Å². The number of nitrogens with one attached hydrogen (secondary N) is 2. The maximum absolute atomic E-state index is 11.6. The van der Waals surface area contributed by atoms with Gasteiger partial charge in [0.15, 0.2) is 0 Å². The Hall–Kier alpha value is -2.30. The molecule has 0 amide bonds. The number of hydrogen-bond acceptors (Lipinski definition) is 2. The zero-order valence-corrected chi connectivity index (χ0v) is 13.0. The molecule has 0 fully saturated rings. The van der Waals surface area contributed by atoms with Crippen molar-refractivity contribution < 1.29 is 9.90 Å². The van der Waals surface area contributed by atoms with E-state index < -0.39 is 12.0 Å². The van der Waals surface area contributed by atoms with Gasteiger partial charge in [0.1, 0.15) is 6.04 Å². The van der Waals surface area contributed by atoms with Gasteiger partial charge in [0.05, 0.1) is 6.04 Å². The van der Waals surface area contributed by atoms with Crippen LogP contribution in [0.2, 0.25) is 5.02 Å². The molecule has 1 aliphatic heterocycles. The highest BCUT2D eigenvalue weighted by molar-refractivity contribution is 6.31. The number of para-hydroxylation sites is 1. The molecule has 3 N–H and O–H groups in total. The minimum Gasteiger partial charge on any atom is -0.480 e. The van der Waals surface area contributed by atoms with E-state index in [9.17, 15) is 9.90 Å². The zero-order valence-electron chi connectivity index (χ0n) is 12.2. The molecule has 3 aromatic rings. The number of rotatable bonds is 2. The van der Waals surface area contributed by atoms with E-state index in [0.29, 0.717) is 11.4 Å². The summed E-state index contributed by atoms with van der Waals surface area (Å²) in [5.41, 5.74) is 3.95. The molecule has 0 saturated heterocycles. The molecule has 4 nitrogen and oxygen atoms in total. The van der Waals surface area contributed by atoms with Gasteiger partial charge in [-0.15, -0.1) is 0 Å². The number of hydrogen-bond donors (Lipinski definition) is 3. The minimum atomic E-state index is -0.849. The number of carboxylic acids is 1. The lowest BCUT2D eigenvalue weighted by Crippen LogP contribution is -2.45. The Morgan fingerprint density at radius 3 is 2.65 bits per heavy atom. The molecule has 1 aromatic heterocycles. The largest absolute Gasteiger partial charge is 0.480 e. The molecule has 0 saturated carbocycles. The Kier molecular flexibility index (Phi) is 3.36. The van der Waals surface area contributed by atoms with E-state index in [0.717, 1.165) is 27.7 Å². The normalized spacial score (nSPS) is 20.4. The number of fused-ring (bicyclic) bond motifs is 3. The molecule has 5 heteroatoms. The Morgan fingerprint density at radius 1 is 1.13 bits per heavy atom. The van der Waals surface area contributed by atoms with E-state index >= 15 is 0 Å². The van der Waals surface area contributed by atoms with Gasteiger partial charge >= 0.3 is 5.97 Å². The highest BCUT2D eigenvalue weighted by Gasteiger charge is 2.34. The van der Waals surface area contributed by atoms with Crippen LogP contribution >= 0.6 is 11.6 Å². The number of aromatic nitrogens is 1. The van der Waals surface area contributed by atoms with Crippen molar-refractivity contribution in [3.05, 3.63) is 70.4 Å². The molecule has 0 spiro atoms. The van der Waals surface area contributed by atoms with Gasteiger partial charge in [-0.2, -0.15) is 0 Å². The summed E-state index contributed by atoms with van der Waals surface area (Å²) in [6, 6.07) is 14.6. The van der Waals surface area contributed by atoms with Crippen LogP contribution in [0.4, 0.5) is 0 Å². The monoisotopic (exact) mass is 326 g/mol. The summed E-state index contributed by atoms with van der Waals surface area (Å²) in [6.45, 7) is 0. The second-order valence-electron chi connectivity index (χ2n) is 5.78. The van der Waals surface area contributed by atoms with Crippen LogP contribution in [0.25, 0.3) is 10.9 Å². The average molecular weight is 327 g/mol. The molecule has 116 valence electrons. The van der Waals surface area contributed by atoms with Crippen molar-refractivity contribution in [3.63, 3.8) is 0 Å². The molecule has 2 atom stereocenters. The molecule has 0 bridgehead atoms. The molecule has 0 radical (unpaired) electrons. The number of benzene rings is 2. The topological polar surface area (TPSA) is 65.1 Å². The molecule has 2 unspecified atom stereocenters. The first-order chi connectivity index (χ1) is 11.1. The molecular formula is C18H15ClN2O2. The Morgan fingerprint density at radius 2 is 1.87 bits per heavy atom. The average Bonchev–Trinajstić information content (AvgIpc) is 2.93. The third kappa shape index (κ3) is 2.31. The van der Waals surface area contributed by atoms with E-state index in [4.69, 9.17) is 11.6 Å². The maximum atomic E-state index is 11.6. The summed E-state index contributed by atoms with van der Waals surface area (Å²) in [6.07, 6.45) is 0.454. The fourth-order valence-electron chi connectivity index (χ4n) is 3.35. The van der Waals surface area contributed by atoms with E-state index in [2.05, 4.69) is 10.3 Å². The standard InChI is InChI=1S/C18H15ClN2O2/c19-13-7-3-1-6-11(13)16-17-12(9-15(21-16)18(22)23)10-5-2-4-8-14(10)20-17/h1-8,15-16,20-21H,9H2,(H,22,23). The molecule has 2 heterocycles. The SMILES string of the molecule is O=C(O)C1Cc2c([nH]c3ccccc23)C(c2ccccc2Cl)N1. The number of aliphatic carboxylic acids is 1. The first-order valence-corrected chi connectivity index (χ1v) is 7.85. The van der Waals surface area contributed by atoms with Gasteiger partial charge < -0.3 is 10.1 Å². The fourth-order valence-corrected chi connectivity index (χ4v) is 3.59. The van der Waals surface area contributed by atoms with Crippen LogP contribution in [0.15, 0.2) is 48.5 Å². The maximum Gasteiger partial charge on any atom is 0.321 e. The summed E-state index contributed by atoms with van der Waals surface area (Å²) in [5.74, 6) is -0.849. The summed E-state index contributed by atoms with van der Waals surface area (Å²) < 4.78 is 0. The van der Waals surface area contributed by atoms with E-state index in [1.807, 2.05) is 48.5 Å². The third-order valence-corrected chi connectivity index (χ3v) is 4.77. The number of H-pyrrole nitrogens is 1. The first-order valence-electron chi connectivity index (χ1n) is 7.48. The van der Waals surface area contributed by atoms with Gasteiger partial charge in [-0.25, -0.2) is 0 Å². The van der Waals surface area contributed by atoms with Crippen molar-refractivity contribution in [1.82, 2.24) is 10.3 Å². The summed E-state index contributed by atoms with van der Waals surface area (Å²) >= 11 is 6.35. The number of carboxylic acid groups (broad SMARTS) is 1. The van der Waals surface area contributed by atoms with Gasteiger partial charge in [-0.1, -0.05) is 48.0 Å². The third-order valence-electron chi connectivity index (χ3n) is 4.43. The van der Waals surface area contributed by atoms with Crippen LogP contribution in [-0.4, -0.2) is 22.1 Å². The fraction of sp³-hybridized carbons (Fsp3) is 0.167. The summed E-state index contributed by atoms with van der Waals surface area (Å²) in [5, 5.41) is 14.4. The Balaban J connectivity index is 1.93. The Bertz CT molecular complexity index is 903. The van der Waals surface area contributed by atoms with E-state index in [1.165, 1.54) is 0 Å². The van der Waals surface area contributed by atoms with Crippen LogP contribution in [0.1, 0.15) is 22.9 Å². The van der Waals surface area contributed by atoms with Crippen molar-refractivity contribution >= 4 is 28.5 Å². The van der Waals surface area contributed by atoms with Crippen molar-refractivity contribution in [2.45, 2.75) is 18.5 Å². The van der Waals surface area contributed by atoms with E-state index in [1.54, 1.807) is 0 Å². The number of carbonyl (C=O) groups is 1. The van der Waals surface area contributed by atoms with Crippen LogP contribution in [-0.2, 0) is 11.2 Å². The van der Waals surface area contributed by atoms with Crippen LogP contribution in [0.3, 0.4) is 0 Å². The Labute approximate surface area is 138 Å². The van der Waals surface area contributed by atoms with Gasteiger partial charge in [0.25, 0.3) is 0 Å². The highest BCUT2D eigenvalue weighted by Crippen LogP contribution is 2.37. The van der Waals surface area contributed by atoms with Crippen molar-refractivity contribution in [3.8, 4) is 0 Å². The minimum absolute atomic E-state index is 0.263. The smallest absolute Gasteiger partial charge is 0.321 e. The molecule has 2 aromatic carbocycles. The van der Waals surface area contributed by atoms with E-state index in [-0.39, 0.29) is 6.04 Å². The predicted octanol–water partition coefficient (Wildman–Crippen LogP) is 3.51. The molecule has 0 aliphatic carbocycles. The second-order valence-corrected chi connectivity index (χ2v) is 6.19. The molecular weight excluding hydrogens is 312 g/mol. The highest BCUT2D eigenvalue weighted by atomic mass is 35.5. The lowest BCUT2D eigenvalue weighted by atomic mass is 9.90. The zero-order chi connectivity index (χ0) is 16.0. The quantitative estimate of drug-likeness (QED) is 0.675. The molecule has 23 heavy (non-hydrogen) atoms. The summed E-state index contributed by atoms with van der Waals surface area (Å²) in [4.78, 5) is 15.0. The lowest BCUT2D eigenvalue weighted by molar-refractivity contribution is -0.139. The second kappa shape index (κ2) is 5.41. The molecule has 4 rings (SSSR count). The first kappa shape index (κ1) is 14.3. The van der Waals surface area contributed by atoms with Crippen molar-refractivity contribution in [2.75, 3.05) is 0 Å². The van der Waals surface area contributed by atoms with Gasteiger partial charge in [-0.3, -0.25) is 10.1 Å². The number of halogens is 1. The lowest BCUT2D eigenvalue weighted by Gasteiger charge is -2.30. The van der Waals surface area contributed by atoms with Crippen molar-refractivity contribution in [2.24, 2.45) is 0 Å². The van der Waals surface area contributed by atoms with Gasteiger partial charge in [0.2, 0.25) is 0 Å². The predicted molar refractivity (Wildman–Crippen MR) is 89.9 cm³/mol. The number of aromatic amines is 1. The van der Waals surface area contributed by atoms with Gasteiger partial charge in [0, 0.05) is 28.0 Å². The van der Waals surface area contributed by atoms with Crippen LogP contribution in [0.5, 0.6) is 0 Å². The van der Waals surface area contributed by atoms with Crippen molar-refractivity contribution in [1.29, 1.82) is 0 Å². The summed E-state index contributed by atoms with van der Waals surface area (Å²) in [7, 11) is 0. The molecule has 1 aliphatic rings. The van der Waals surface area contributed by atoms with Crippen LogP contribution in [0, 0.1) is 0 Å². The van der Waals surface area contributed by atoms with Gasteiger partial charge in [-0.05, 0) is 23.3 Å².